The number of pyridine rings is 1. The van der Waals surface area contributed by atoms with Crippen LogP contribution in [-0.4, -0.2) is 14.1 Å². The highest BCUT2D eigenvalue weighted by Crippen LogP contribution is 2.40. The number of hydrogen-bond acceptors (Lipinski definition) is 2. The van der Waals surface area contributed by atoms with E-state index in [0.29, 0.717) is 34.1 Å². The van der Waals surface area contributed by atoms with Crippen LogP contribution in [0.4, 0.5) is 0 Å². The SMILES string of the molecule is [2H]c1c([2H])c([2H])c(-c2cccc(-c3cc(C(C)(C)C)cc(C(C)(C)C)c3)c2-[n+]2[c-]n(-c3cccc(Oc4ccc5c6ccccc6n(-c6cc(C([2H])([2H])C)c(-c7ccccc7)cn6)c5c4)c3)c3ccccc32)c([2H])c1[2H]. The number of ether oxygens (including phenoxy) is 1. The van der Waals surface area contributed by atoms with Gasteiger partial charge in [-0.05, 0) is 104 Å². The number of para-hydroxylation sites is 4. The molecule has 0 N–H and O–H groups in total. The second-order valence-corrected chi connectivity index (χ2v) is 19.6. The number of benzene rings is 8. The van der Waals surface area contributed by atoms with E-state index in [0.717, 1.165) is 71.9 Å². The molecule has 11 aromatic rings. The summed E-state index contributed by atoms with van der Waals surface area (Å²) < 4.78 is 74.9. The molecule has 0 spiro atoms. The van der Waals surface area contributed by atoms with Gasteiger partial charge in [0.2, 0.25) is 0 Å². The monoisotopic (exact) mass is 903 g/mol. The first-order valence-corrected chi connectivity index (χ1v) is 23.4. The van der Waals surface area contributed by atoms with Gasteiger partial charge in [-0.25, -0.2) is 4.98 Å². The summed E-state index contributed by atoms with van der Waals surface area (Å²) in [6.45, 7) is 14.8. The molecule has 5 heteroatoms. The molecule has 0 bridgehead atoms. The molecular formula is C64H56N4O. The Morgan fingerprint density at radius 1 is 0.580 bits per heavy atom. The highest BCUT2D eigenvalue weighted by Gasteiger charge is 2.25. The van der Waals surface area contributed by atoms with Crippen LogP contribution in [0.25, 0.3) is 83.4 Å². The summed E-state index contributed by atoms with van der Waals surface area (Å²) in [6, 6.07) is 52.1. The van der Waals surface area contributed by atoms with E-state index in [-0.39, 0.29) is 28.5 Å². The van der Waals surface area contributed by atoms with E-state index in [1.54, 1.807) is 13.1 Å². The topological polar surface area (TPSA) is 35.9 Å². The van der Waals surface area contributed by atoms with Gasteiger partial charge in [-0.2, -0.15) is 0 Å². The Labute approximate surface area is 415 Å². The van der Waals surface area contributed by atoms with E-state index >= 15 is 0 Å². The molecule has 0 aliphatic carbocycles. The van der Waals surface area contributed by atoms with Crippen molar-refractivity contribution in [3.63, 3.8) is 0 Å². The Kier molecular flexibility index (Phi) is 9.02. The van der Waals surface area contributed by atoms with Crippen molar-refractivity contribution in [1.29, 1.82) is 0 Å². The number of hydrogen-bond donors (Lipinski definition) is 0. The maximum Gasteiger partial charge on any atom is 0.269 e. The summed E-state index contributed by atoms with van der Waals surface area (Å²) >= 11 is 0. The molecule has 3 aromatic heterocycles. The molecule has 3 heterocycles. The van der Waals surface area contributed by atoms with Crippen molar-refractivity contribution in [2.75, 3.05) is 0 Å². The Morgan fingerprint density at radius 3 is 1.97 bits per heavy atom. The maximum absolute atomic E-state index is 9.22. The second kappa shape index (κ2) is 17.2. The molecule has 0 unspecified atom stereocenters. The van der Waals surface area contributed by atoms with E-state index in [1.807, 2.05) is 149 Å². The lowest BCUT2D eigenvalue weighted by atomic mass is 9.78. The van der Waals surface area contributed by atoms with Crippen molar-refractivity contribution in [3.8, 4) is 62.1 Å². The van der Waals surface area contributed by atoms with Crippen LogP contribution in [0.1, 0.15) is 74.8 Å². The number of aryl methyl sites for hydroxylation is 1. The van der Waals surface area contributed by atoms with Gasteiger partial charge in [0.15, 0.2) is 0 Å². The molecule has 69 heavy (non-hydrogen) atoms. The van der Waals surface area contributed by atoms with E-state index in [1.165, 1.54) is 0 Å². The minimum Gasteiger partial charge on any atom is -0.458 e. The third-order valence-corrected chi connectivity index (χ3v) is 13.0. The molecule has 0 amide bonds. The molecule has 0 aliphatic rings. The summed E-state index contributed by atoms with van der Waals surface area (Å²) in [4.78, 5) is 4.98. The zero-order chi connectivity index (χ0) is 53.6. The van der Waals surface area contributed by atoms with Crippen molar-refractivity contribution in [3.05, 3.63) is 223 Å². The van der Waals surface area contributed by atoms with Gasteiger partial charge in [0.25, 0.3) is 6.33 Å². The molecule has 0 fully saturated rings. The molecule has 0 saturated carbocycles. The van der Waals surface area contributed by atoms with E-state index in [2.05, 4.69) is 76.7 Å². The summed E-state index contributed by atoms with van der Waals surface area (Å²) in [7, 11) is 0. The fourth-order valence-corrected chi connectivity index (χ4v) is 9.37. The number of imidazole rings is 1. The normalized spacial score (nSPS) is 13.7. The third kappa shape index (κ3) is 8.08. The van der Waals surface area contributed by atoms with Gasteiger partial charge < -0.3 is 4.74 Å². The molecule has 8 aromatic carbocycles. The Balaban J connectivity index is 1.06. The lowest BCUT2D eigenvalue weighted by Crippen LogP contribution is -2.31. The van der Waals surface area contributed by atoms with Gasteiger partial charge in [0.05, 0.1) is 40.3 Å². The molecule has 0 aliphatic heterocycles. The summed E-state index contributed by atoms with van der Waals surface area (Å²) in [6.07, 6.45) is 3.79. The number of aromatic nitrogens is 4. The minimum atomic E-state index is -1.66. The van der Waals surface area contributed by atoms with Crippen molar-refractivity contribution in [2.45, 2.75) is 65.7 Å². The van der Waals surface area contributed by atoms with Crippen LogP contribution in [0.15, 0.2) is 200 Å². The van der Waals surface area contributed by atoms with Crippen LogP contribution in [0.3, 0.4) is 0 Å². The third-order valence-electron chi connectivity index (χ3n) is 13.0. The quantitative estimate of drug-likeness (QED) is 0.107. The van der Waals surface area contributed by atoms with Crippen LogP contribution in [0.2, 0.25) is 0 Å². The Morgan fingerprint density at radius 2 is 1.23 bits per heavy atom. The second-order valence-electron chi connectivity index (χ2n) is 19.6. The number of fused-ring (bicyclic) bond motifs is 4. The Hall–Kier alpha value is -8.02. The van der Waals surface area contributed by atoms with Crippen LogP contribution in [0.5, 0.6) is 11.5 Å². The zero-order valence-corrected chi connectivity index (χ0v) is 39.9. The standard InChI is InChI=1S/C64H56N4O/c1-8-43-37-61(65-41-56(43)45-23-13-10-14-24-45)68-57-30-16-15-27-54(57)55-34-33-51(40-60(55)68)69-50-26-19-25-49(39-50)66-42-67(59-32-18-17-31-58(59)66)62-52(44-21-11-9-12-22-44)28-20-29-53(62)46-35-47(63(2,3)4)38-48(36-46)64(5,6)7/h9-41H,8H2,1-7H3/i8D2,9D,11D,12D,21D,22D. The fraction of sp³-hybridized carbons (Fsp3) is 0.156. The first-order valence-electron chi connectivity index (χ1n) is 26.9. The first-order chi connectivity index (χ1) is 36.2. The molecule has 11 rings (SSSR count). The lowest BCUT2D eigenvalue weighted by molar-refractivity contribution is -0.571. The zero-order valence-electron chi connectivity index (χ0n) is 46.9. The van der Waals surface area contributed by atoms with Gasteiger partial charge >= 0.3 is 0 Å². The molecule has 0 atom stereocenters. The number of nitrogens with zero attached hydrogens (tertiary/aromatic N) is 4. The van der Waals surface area contributed by atoms with Crippen LogP contribution in [-0.2, 0) is 17.2 Å². The van der Waals surface area contributed by atoms with E-state index in [4.69, 9.17) is 16.6 Å². The number of rotatable bonds is 9. The van der Waals surface area contributed by atoms with Crippen LogP contribution in [0, 0.1) is 6.33 Å². The van der Waals surface area contributed by atoms with Gasteiger partial charge in [-0.15, -0.1) is 0 Å². The van der Waals surface area contributed by atoms with Gasteiger partial charge in [0, 0.05) is 31.3 Å². The summed E-state index contributed by atoms with van der Waals surface area (Å²) in [5.74, 6) is 1.74. The van der Waals surface area contributed by atoms with Crippen molar-refractivity contribution in [1.82, 2.24) is 14.1 Å². The Bertz CT molecular complexity index is 4040. The largest absolute Gasteiger partial charge is 0.458 e. The van der Waals surface area contributed by atoms with Gasteiger partial charge in [-0.1, -0.05) is 194 Å². The minimum absolute atomic E-state index is 0.0988. The summed E-state index contributed by atoms with van der Waals surface area (Å²) in [5, 5.41) is 2.02. The van der Waals surface area contributed by atoms with E-state index < -0.39 is 24.5 Å². The highest BCUT2D eigenvalue weighted by molar-refractivity contribution is 6.09. The van der Waals surface area contributed by atoms with Gasteiger partial charge in [-0.3, -0.25) is 13.7 Å². The molecule has 338 valence electrons. The van der Waals surface area contributed by atoms with Gasteiger partial charge in [0.1, 0.15) is 17.3 Å². The van der Waals surface area contributed by atoms with Crippen molar-refractivity contribution >= 4 is 32.8 Å². The molecule has 0 saturated heterocycles. The smallest absolute Gasteiger partial charge is 0.269 e. The molecular weight excluding hydrogens is 841 g/mol. The van der Waals surface area contributed by atoms with Crippen molar-refractivity contribution in [2.24, 2.45) is 0 Å². The van der Waals surface area contributed by atoms with E-state index in [9.17, 15) is 2.74 Å². The predicted octanol–water partition coefficient (Wildman–Crippen LogP) is 16.2. The summed E-state index contributed by atoms with van der Waals surface area (Å²) in [5.41, 5.74) is 11.1. The fourth-order valence-electron chi connectivity index (χ4n) is 9.37. The average molecular weight is 904 g/mol. The average Bonchev–Trinajstić information content (AvgIpc) is 4.04. The lowest BCUT2D eigenvalue weighted by Gasteiger charge is -2.27. The van der Waals surface area contributed by atoms with Crippen molar-refractivity contribution < 1.29 is 18.9 Å². The predicted molar refractivity (Wildman–Crippen MR) is 285 cm³/mol. The van der Waals surface area contributed by atoms with Crippen LogP contribution < -0.4 is 9.30 Å². The molecule has 0 radical (unpaired) electrons. The maximum atomic E-state index is 9.22. The highest BCUT2D eigenvalue weighted by atomic mass is 16.5. The molecule has 5 nitrogen and oxygen atoms in total. The first kappa shape index (κ1) is 36.1. The van der Waals surface area contributed by atoms with Crippen LogP contribution >= 0.6 is 0 Å².